The molecule has 0 radical (unpaired) electrons. The SMILES string of the molecule is O=c1c2cccc(Cl)c2nc2n1CCC2. The van der Waals surface area contributed by atoms with Crippen LogP contribution in [-0.2, 0) is 13.0 Å². The average Bonchev–Trinajstić information content (AvgIpc) is 2.68. The van der Waals surface area contributed by atoms with E-state index in [1.165, 1.54) is 0 Å². The van der Waals surface area contributed by atoms with E-state index in [-0.39, 0.29) is 5.56 Å². The minimum absolute atomic E-state index is 0.0370. The number of hydrogen-bond donors (Lipinski definition) is 0. The Hall–Kier alpha value is -1.35. The molecule has 0 N–H and O–H groups in total. The van der Waals surface area contributed by atoms with Crippen molar-refractivity contribution in [3.63, 3.8) is 0 Å². The molecule has 0 bridgehead atoms. The van der Waals surface area contributed by atoms with Gasteiger partial charge in [0.05, 0.1) is 15.9 Å². The number of benzene rings is 1. The maximum atomic E-state index is 12.0. The Bertz CT molecular complexity index is 603. The first kappa shape index (κ1) is 8.92. The van der Waals surface area contributed by atoms with Crippen molar-refractivity contribution in [1.29, 1.82) is 0 Å². The van der Waals surface area contributed by atoms with Gasteiger partial charge in [-0.25, -0.2) is 4.98 Å². The molecule has 76 valence electrons. The molecule has 0 saturated heterocycles. The van der Waals surface area contributed by atoms with Crippen molar-refractivity contribution in [2.75, 3.05) is 0 Å². The van der Waals surface area contributed by atoms with E-state index in [2.05, 4.69) is 4.98 Å². The molecular formula is C11H9ClN2O. The number of aromatic nitrogens is 2. The predicted molar refractivity (Wildman–Crippen MR) is 59.3 cm³/mol. The summed E-state index contributed by atoms with van der Waals surface area (Å²) in [7, 11) is 0. The van der Waals surface area contributed by atoms with E-state index in [4.69, 9.17) is 11.6 Å². The Kier molecular flexibility index (Phi) is 1.83. The summed E-state index contributed by atoms with van der Waals surface area (Å²) in [5, 5.41) is 1.17. The van der Waals surface area contributed by atoms with Crippen LogP contribution in [-0.4, -0.2) is 9.55 Å². The van der Waals surface area contributed by atoms with Gasteiger partial charge in [-0.05, 0) is 18.6 Å². The lowest BCUT2D eigenvalue weighted by Gasteiger charge is -2.05. The van der Waals surface area contributed by atoms with E-state index >= 15 is 0 Å². The molecule has 1 aromatic carbocycles. The smallest absolute Gasteiger partial charge is 0.261 e. The number of aryl methyl sites for hydroxylation is 1. The summed E-state index contributed by atoms with van der Waals surface area (Å²) in [5.41, 5.74) is 0.673. The minimum Gasteiger partial charge on any atom is -0.296 e. The van der Waals surface area contributed by atoms with Crippen LogP contribution in [0.5, 0.6) is 0 Å². The van der Waals surface area contributed by atoms with Gasteiger partial charge in [-0.3, -0.25) is 9.36 Å². The second kappa shape index (κ2) is 3.07. The van der Waals surface area contributed by atoms with Crippen LogP contribution in [0.2, 0.25) is 5.02 Å². The second-order valence-electron chi connectivity index (χ2n) is 3.72. The van der Waals surface area contributed by atoms with Gasteiger partial charge in [0.2, 0.25) is 0 Å². The quantitative estimate of drug-likeness (QED) is 0.681. The summed E-state index contributed by atoms with van der Waals surface area (Å²) in [6.45, 7) is 0.781. The number of halogens is 1. The molecule has 0 atom stereocenters. The van der Waals surface area contributed by atoms with Crippen LogP contribution in [0.15, 0.2) is 23.0 Å². The van der Waals surface area contributed by atoms with Crippen LogP contribution in [0.3, 0.4) is 0 Å². The molecule has 0 aliphatic carbocycles. The first-order chi connectivity index (χ1) is 7.27. The number of fused-ring (bicyclic) bond motifs is 2. The molecule has 4 heteroatoms. The van der Waals surface area contributed by atoms with Gasteiger partial charge in [0.25, 0.3) is 5.56 Å². The zero-order chi connectivity index (χ0) is 10.4. The van der Waals surface area contributed by atoms with Crippen LogP contribution in [0.4, 0.5) is 0 Å². The van der Waals surface area contributed by atoms with Gasteiger partial charge in [0.1, 0.15) is 5.82 Å². The molecular weight excluding hydrogens is 212 g/mol. The van der Waals surface area contributed by atoms with Gasteiger partial charge in [-0.1, -0.05) is 17.7 Å². The zero-order valence-electron chi connectivity index (χ0n) is 8.03. The van der Waals surface area contributed by atoms with Crippen molar-refractivity contribution in [3.8, 4) is 0 Å². The Morgan fingerprint density at radius 3 is 3.13 bits per heavy atom. The highest BCUT2D eigenvalue weighted by Gasteiger charge is 2.16. The predicted octanol–water partition coefficient (Wildman–Crippen LogP) is 2.00. The number of rotatable bonds is 0. The Morgan fingerprint density at radius 2 is 2.27 bits per heavy atom. The molecule has 0 unspecified atom stereocenters. The van der Waals surface area contributed by atoms with Gasteiger partial charge in [-0.15, -0.1) is 0 Å². The molecule has 3 rings (SSSR count). The van der Waals surface area contributed by atoms with Crippen LogP contribution >= 0.6 is 11.6 Å². The largest absolute Gasteiger partial charge is 0.296 e. The van der Waals surface area contributed by atoms with Crippen molar-refractivity contribution < 1.29 is 0 Å². The standard InChI is InChI=1S/C11H9ClN2O/c12-8-4-1-3-7-10(8)13-9-5-2-6-14(9)11(7)15/h1,3-4H,2,5-6H2. The van der Waals surface area contributed by atoms with E-state index < -0.39 is 0 Å². The highest BCUT2D eigenvalue weighted by atomic mass is 35.5. The van der Waals surface area contributed by atoms with Crippen LogP contribution < -0.4 is 5.56 Å². The number of nitrogens with zero attached hydrogens (tertiary/aromatic N) is 2. The monoisotopic (exact) mass is 220 g/mol. The molecule has 2 heterocycles. The summed E-state index contributed by atoms with van der Waals surface area (Å²) < 4.78 is 1.75. The summed E-state index contributed by atoms with van der Waals surface area (Å²) >= 11 is 6.02. The molecule has 0 amide bonds. The van der Waals surface area contributed by atoms with Crippen molar-refractivity contribution in [2.45, 2.75) is 19.4 Å². The number of hydrogen-bond acceptors (Lipinski definition) is 2. The van der Waals surface area contributed by atoms with E-state index in [1.807, 2.05) is 0 Å². The fraction of sp³-hybridized carbons (Fsp3) is 0.273. The van der Waals surface area contributed by atoms with Crippen LogP contribution in [0.1, 0.15) is 12.2 Å². The third kappa shape index (κ3) is 1.20. The highest BCUT2D eigenvalue weighted by Crippen LogP contribution is 2.21. The summed E-state index contributed by atoms with van der Waals surface area (Å²) in [6.07, 6.45) is 1.87. The van der Waals surface area contributed by atoms with Crippen LogP contribution in [0.25, 0.3) is 10.9 Å². The lowest BCUT2D eigenvalue weighted by atomic mass is 10.2. The third-order valence-corrected chi connectivity index (χ3v) is 3.10. The van der Waals surface area contributed by atoms with E-state index in [0.29, 0.717) is 15.9 Å². The molecule has 3 nitrogen and oxygen atoms in total. The van der Waals surface area contributed by atoms with Crippen LogP contribution in [0, 0.1) is 0 Å². The van der Waals surface area contributed by atoms with Gasteiger partial charge >= 0.3 is 0 Å². The Balaban J connectivity index is 2.52. The maximum Gasteiger partial charge on any atom is 0.261 e. The summed E-state index contributed by atoms with van der Waals surface area (Å²) in [4.78, 5) is 16.5. The van der Waals surface area contributed by atoms with Gasteiger partial charge in [0.15, 0.2) is 0 Å². The highest BCUT2D eigenvalue weighted by molar-refractivity contribution is 6.34. The topological polar surface area (TPSA) is 34.9 Å². The number of para-hydroxylation sites is 1. The lowest BCUT2D eigenvalue weighted by Crippen LogP contribution is -2.20. The normalized spacial score (nSPS) is 14.5. The second-order valence-corrected chi connectivity index (χ2v) is 4.13. The van der Waals surface area contributed by atoms with Gasteiger partial charge < -0.3 is 0 Å². The molecule has 15 heavy (non-hydrogen) atoms. The first-order valence-corrected chi connectivity index (χ1v) is 5.33. The molecule has 1 aliphatic rings. The fourth-order valence-corrected chi connectivity index (χ4v) is 2.29. The van der Waals surface area contributed by atoms with Crippen molar-refractivity contribution in [2.24, 2.45) is 0 Å². The summed E-state index contributed by atoms with van der Waals surface area (Å²) in [5.74, 6) is 0.862. The maximum absolute atomic E-state index is 12.0. The van der Waals surface area contributed by atoms with Gasteiger partial charge in [-0.2, -0.15) is 0 Å². The molecule has 0 fully saturated rings. The van der Waals surface area contributed by atoms with Crippen molar-refractivity contribution >= 4 is 22.5 Å². The molecule has 0 spiro atoms. The van der Waals surface area contributed by atoms with E-state index in [1.54, 1.807) is 22.8 Å². The van der Waals surface area contributed by atoms with E-state index in [9.17, 15) is 4.79 Å². The lowest BCUT2D eigenvalue weighted by molar-refractivity contribution is 0.719. The van der Waals surface area contributed by atoms with Gasteiger partial charge in [0, 0.05) is 13.0 Å². The fourth-order valence-electron chi connectivity index (χ4n) is 2.07. The minimum atomic E-state index is 0.0370. The van der Waals surface area contributed by atoms with Crippen molar-refractivity contribution in [1.82, 2.24) is 9.55 Å². The Morgan fingerprint density at radius 1 is 1.40 bits per heavy atom. The molecule has 1 aromatic heterocycles. The average molecular weight is 221 g/mol. The first-order valence-electron chi connectivity index (χ1n) is 4.95. The summed E-state index contributed by atoms with van der Waals surface area (Å²) in [6, 6.07) is 5.33. The zero-order valence-corrected chi connectivity index (χ0v) is 8.79. The van der Waals surface area contributed by atoms with E-state index in [0.717, 1.165) is 25.2 Å². The third-order valence-electron chi connectivity index (χ3n) is 2.80. The van der Waals surface area contributed by atoms with Crippen molar-refractivity contribution in [3.05, 3.63) is 39.4 Å². The Labute approximate surface area is 91.3 Å². The molecule has 0 saturated carbocycles. The molecule has 2 aromatic rings. The molecule has 1 aliphatic heterocycles.